The van der Waals surface area contributed by atoms with Gasteiger partial charge in [0.2, 0.25) is 0 Å². The second kappa shape index (κ2) is 6.16. The van der Waals surface area contributed by atoms with Crippen LogP contribution in [0.5, 0.6) is 5.75 Å². The van der Waals surface area contributed by atoms with Crippen LogP contribution in [0.3, 0.4) is 0 Å². The van der Waals surface area contributed by atoms with Gasteiger partial charge in [-0.3, -0.25) is 9.78 Å². The number of hydrogen-bond acceptors (Lipinski definition) is 4. The van der Waals surface area contributed by atoms with Crippen LogP contribution in [-0.4, -0.2) is 16.0 Å². The van der Waals surface area contributed by atoms with Gasteiger partial charge in [-0.15, -0.1) is 0 Å². The number of aromatic nitrogens is 1. The summed E-state index contributed by atoms with van der Waals surface area (Å²) in [5.74, 6) is -0.0177. The van der Waals surface area contributed by atoms with Crippen LogP contribution >= 0.6 is 0 Å². The molecule has 4 N–H and O–H groups in total. The smallest absolute Gasteiger partial charge is 0.251 e. The second-order valence-electron chi connectivity index (χ2n) is 4.53. The van der Waals surface area contributed by atoms with E-state index in [1.807, 2.05) is 13.0 Å². The number of rotatable bonds is 4. The maximum absolute atomic E-state index is 12.1. The summed E-state index contributed by atoms with van der Waals surface area (Å²) in [6.07, 6.45) is 1.57. The van der Waals surface area contributed by atoms with E-state index in [9.17, 15) is 9.90 Å². The zero-order chi connectivity index (χ0) is 14.5. The Hall–Kier alpha value is -2.40. The first-order chi connectivity index (χ1) is 9.60. The highest BCUT2D eigenvalue weighted by Gasteiger charge is 2.12. The van der Waals surface area contributed by atoms with Crippen molar-refractivity contribution in [1.82, 2.24) is 10.3 Å². The highest BCUT2D eigenvalue weighted by molar-refractivity contribution is 5.94. The lowest BCUT2D eigenvalue weighted by Crippen LogP contribution is -2.26. The Morgan fingerprint density at radius 1 is 1.40 bits per heavy atom. The Kier molecular flexibility index (Phi) is 4.32. The molecule has 0 saturated carbocycles. The van der Waals surface area contributed by atoms with Gasteiger partial charge in [-0.1, -0.05) is 12.1 Å². The Labute approximate surface area is 117 Å². The maximum atomic E-state index is 12.1. The molecule has 2 aromatic rings. The summed E-state index contributed by atoms with van der Waals surface area (Å²) in [7, 11) is 0. The molecule has 1 heterocycles. The van der Waals surface area contributed by atoms with Crippen LogP contribution in [0.1, 0.15) is 34.6 Å². The summed E-state index contributed by atoms with van der Waals surface area (Å²) in [5, 5.41) is 12.3. The van der Waals surface area contributed by atoms with E-state index >= 15 is 0 Å². The molecule has 0 aliphatic rings. The maximum Gasteiger partial charge on any atom is 0.251 e. The third kappa shape index (κ3) is 3.33. The molecule has 104 valence electrons. The van der Waals surface area contributed by atoms with Crippen molar-refractivity contribution in [2.24, 2.45) is 5.73 Å². The van der Waals surface area contributed by atoms with Gasteiger partial charge in [0.1, 0.15) is 5.75 Å². The third-order valence-corrected chi connectivity index (χ3v) is 3.01. The lowest BCUT2D eigenvalue weighted by atomic mass is 10.1. The molecule has 1 aromatic heterocycles. The molecule has 0 radical (unpaired) electrons. The molecular formula is C15H17N3O2. The van der Waals surface area contributed by atoms with Crippen LogP contribution in [0.2, 0.25) is 0 Å². The first kappa shape index (κ1) is 14.0. The average Bonchev–Trinajstić information content (AvgIpc) is 2.47. The Balaban J connectivity index is 2.10. The van der Waals surface area contributed by atoms with E-state index in [0.29, 0.717) is 17.8 Å². The minimum Gasteiger partial charge on any atom is -0.508 e. The van der Waals surface area contributed by atoms with E-state index in [2.05, 4.69) is 10.3 Å². The predicted octanol–water partition coefficient (Wildman–Crippen LogP) is 1.74. The number of aromatic hydroxyl groups is 1. The Bertz CT molecular complexity index is 614. The van der Waals surface area contributed by atoms with Gasteiger partial charge in [-0.05, 0) is 36.8 Å². The molecule has 0 fully saturated rings. The lowest BCUT2D eigenvalue weighted by Gasteiger charge is -2.14. The summed E-state index contributed by atoms with van der Waals surface area (Å²) in [5.41, 5.74) is 7.54. The summed E-state index contributed by atoms with van der Waals surface area (Å²) in [4.78, 5) is 16.2. The Morgan fingerprint density at radius 2 is 2.20 bits per heavy atom. The number of pyridine rings is 1. The minimum absolute atomic E-state index is 0.179. The van der Waals surface area contributed by atoms with Crippen LogP contribution in [0.25, 0.3) is 0 Å². The number of phenolic OH excluding ortho intramolecular Hbond substituents is 1. The molecule has 1 atom stereocenters. The summed E-state index contributed by atoms with van der Waals surface area (Å²) < 4.78 is 0. The van der Waals surface area contributed by atoms with Gasteiger partial charge in [0.25, 0.3) is 5.91 Å². The van der Waals surface area contributed by atoms with Gasteiger partial charge in [0.15, 0.2) is 0 Å². The van der Waals surface area contributed by atoms with Gasteiger partial charge in [0, 0.05) is 18.3 Å². The first-order valence-corrected chi connectivity index (χ1v) is 6.35. The first-order valence-electron chi connectivity index (χ1n) is 6.35. The fourth-order valence-electron chi connectivity index (χ4n) is 1.89. The summed E-state index contributed by atoms with van der Waals surface area (Å²) in [6.45, 7) is 2.15. The molecule has 1 aromatic carbocycles. The molecule has 0 saturated heterocycles. The van der Waals surface area contributed by atoms with Crippen LogP contribution in [0.4, 0.5) is 0 Å². The fourth-order valence-corrected chi connectivity index (χ4v) is 1.89. The normalized spacial score (nSPS) is 11.9. The number of carbonyl (C=O) groups is 1. The molecule has 5 heteroatoms. The van der Waals surface area contributed by atoms with Crippen LogP contribution in [0, 0.1) is 0 Å². The van der Waals surface area contributed by atoms with Crippen molar-refractivity contribution in [3.63, 3.8) is 0 Å². The number of amides is 1. The van der Waals surface area contributed by atoms with Crippen molar-refractivity contribution >= 4 is 5.91 Å². The quantitative estimate of drug-likeness (QED) is 0.790. The molecule has 1 amide bonds. The van der Waals surface area contributed by atoms with E-state index in [1.54, 1.807) is 36.5 Å². The topological polar surface area (TPSA) is 88.2 Å². The second-order valence-corrected chi connectivity index (χ2v) is 4.53. The van der Waals surface area contributed by atoms with Crippen molar-refractivity contribution < 1.29 is 9.90 Å². The average molecular weight is 271 g/mol. The number of phenols is 1. The van der Waals surface area contributed by atoms with Crippen molar-refractivity contribution in [1.29, 1.82) is 0 Å². The standard InChI is InChI=1S/C15H17N3O2/c1-10(11-3-2-4-14(19)8-11)18-15(20)12-5-6-17-13(7-12)9-16/h2-8,10,19H,9,16H2,1H3,(H,18,20). The fraction of sp³-hybridized carbons (Fsp3) is 0.200. The number of hydrogen-bond donors (Lipinski definition) is 3. The lowest BCUT2D eigenvalue weighted by molar-refractivity contribution is 0.0939. The zero-order valence-electron chi connectivity index (χ0n) is 11.2. The summed E-state index contributed by atoms with van der Waals surface area (Å²) in [6, 6.07) is 9.92. The molecule has 2 rings (SSSR count). The van der Waals surface area contributed by atoms with Crippen molar-refractivity contribution in [3.8, 4) is 5.75 Å². The van der Waals surface area contributed by atoms with Crippen molar-refractivity contribution in [2.45, 2.75) is 19.5 Å². The van der Waals surface area contributed by atoms with E-state index in [1.165, 1.54) is 0 Å². The molecule has 5 nitrogen and oxygen atoms in total. The predicted molar refractivity (Wildman–Crippen MR) is 76.1 cm³/mol. The monoisotopic (exact) mass is 271 g/mol. The van der Waals surface area contributed by atoms with Crippen LogP contribution < -0.4 is 11.1 Å². The minimum atomic E-state index is -0.205. The number of carbonyl (C=O) groups excluding carboxylic acids is 1. The summed E-state index contributed by atoms with van der Waals surface area (Å²) >= 11 is 0. The number of nitrogens with zero attached hydrogens (tertiary/aromatic N) is 1. The largest absolute Gasteiger partial charge is 0.508 e. The van der Waals surface area contributed by atoms with E-state index < -0.39 is 0 Å². The number of nitrogens with two attached hydrogens (primary N) is 1. The van der Waals surface area contributed by atoms with E-state index in [4.69, 9.17) is 5.73 Å². The zero-order valence-corrected chi connectivity index (χ0v) is 11.2. The highest BCUT2D eigenvalue weighted by Crippen LogP contribution is 2.18. The van der Waals surface area contributed by atoms with Crippen molar-refractivity contribution in [3.05, 3.63) is 59.4 Å². The van der Waals surface area contributed by atoms with Gasteiger partial charge < -0.3 is 16.2 Å². The van der Waals surface area contributed by atoms with Gasteiger partial charge in [-0.25, -0.2) is 0 Å². The van der Waals surface area contributed by atoms with Gasteiger partial charge in [-0.2, -0.15) is 0 Å². The van der Waals surface area contributed by atoms with Gasteiger partial charge in [0.05, 0.1) is 11.7 Å². The Morgan fingerprint density at radius 3 is 2.90 bits per heavy atom. The molecule has 0 aliphatic heterocycles. The van der Waals surface area contributed by atoms with Crippen molar-refractivity contribution in [2.75, 3.05) is 0 Å². The molecule has 0 spiro atoms. The molecule has 1 unspecified atom stereocenters. The van der Waals surface area contributed by atoms with Gasteiger partial charge >= 0.3 is 0 Å². The molecule has 0 aliphatic carbocycles. The number of nitrogens with one attached hydrogen (secondary N) is 1. The number of benzene rings is 1. The SMILES string of the molecule is CC(NC(=O)c1ccnc(CN)c1)c1cccc(O)c1. The van der Waals surface area contributed by atoms with E-state index in [-0.39, 0.29) is 17.7 Å². The molecular weight excluding hydrogens is 254 g/mol. The van der Waals surface area contributed by atoms with E-state index in [0.717, 1.165) is 5.56 Å². The van der Waals surface area contributed by atoms with Crippen LogP contribution in [-0.2, 0) is 6.54 Å². The molecule has 0 bridgehead atoms. The molecule has 20 heavy (non-hydrogen) atoms. The highest BCUT2D eigenvalue weighted by atomic mass is 16.3. The van der Waals surface area contributed by atoms with Crippen LogP contribution in [0.15, 0.2) is 42.6 Å². The third-order valence-electron chi connectivity index (χ3n) is 3.01.